The Morgan fingerprint density at radius 3 is 2.70 bits per heavy atom. The Balaban J connectivity index is 2.37. The zero-order valence-corrected chi connectivity index (χ0v) is 11.3. The predicted molar refractivity (Wildman–Crippen MR) is 79.0 cm³/mol. The molecule has 0 aliphatic carbocycles. The van der Waals surface area contributed by atoms with Gasteiger partial charge in [0.15, 0.2) is 0 Å². The van der Waals surface area contributed by atoms with Gasteiger partial charge in [0, 0.05) is 24.2 Å². The number of nitrogens with zero attached hydrogens (tertiary/aromatic N) is 2. The molecule has 0 aliphatic rings. The number of aromatic nitrogens is 2. The van der Waals surface area contributed by atoms with Gasteiger partial charge in [-0.3, -0.25) is 9.36 Å². The Morgan fingerprint density at radius 2 is 1.90 bits per heavy atom. The van der Waals surface area contributed by atoms with Crippen LogP contribution in [0.4, 0.5) is 0 Å². The van der Waals surface area contributed by atoms with Crippen molar-refractivity contribution in [3.8, 4) is 16.9 Å². The first kappa shape index (κ1) is 12.4. The highest BCUT2D eigenvalue weighted by Crippen LogP contribution is 2.28. The maximum absolute atomic E-state index is 12.5. The van der Waals surface area contributed by atoms with Crippen LogP contribution < -0.4 is 10.3 Å². The number of ether oxygens (including phenoxy) is 1. The largest absolute Gasteiger partial charge is 0.496 e. The molecule has 0 aliphatic heterocycles. The average Bonchev–Trinajstić information content (AvgIpc) is 2.51. The van der Waals surface area contributed by atoms with Crippen LogP contribution in [0.1, 0.15) is 0 Å². The minimum Gasteiger partial charge on any atom is -0.496 e. The zero-order chi connectivity index (χ0) is 14.1. The highest BCUT2D eigenvalue weighted by atomic mass is 16.5. The quantitative estimate of drug-likeness (QED) is 0.716. The molecule has 4 heteroatoms. The monoisotopic (exact) mass is 266 g/mol. The summed E-state index contributed by atoms with van der Waals surface area (Å²) in [4.78, 5) is 16.8. The second-order valence-corrected chi connectivity index (χ2v) is 4.54. The van der Waals surface area contributed by atoms with Gasteiger partial charge in [-0.2, -0.15) is 0 Å². The van der Waals surface area contributed by atoms with Gasteiger partial charge in [-0.25, -0.2) is 4.98 Å². The molecular formula is C16H14N2O2. The smallest absolute Gasteiger partial charge is 0.259 e. The highest BCUT2D eigenvalue weighted by Gasteiger charge is 2.12. The molecule has 4 nitrogen and oxygen atoms in total. The number of hydrogen-bond acceptors (Lipinski definition) is 3. The number of methoxy groups -OCH3 is 1. The lowest BCUT2D eigenvalue weighted by Crippen LogP contribution is -2.19. The Bertz CT molecular complexity index is 837. The lowest BCUT2D eigenvalue weighted by Gasteiger charge is -2.10. The summed E-state index contributed by atoms with van der Waals surface area (Å²) in [7, 11) is 3.34. The molecule has 0 atom stereocenters. The minimum atomic E-state index is -0.0827. The van der Waals surface area contributed by atoms with Crippen LogP contribution in [-0.2, 0) is 7.05 Å². The number of para-hydroxylation sites is 1. The lowest BCUT2D eigenvalue weighted by molar-refractivity contribution is 0.416. The molecule has 0 N–H and O–H groups in total. The fraction of sp³-hybridized carbons (Fsp3) is 0.125. The van der Waals surface area contributed by atoms with Crippen LogP contribution in [-0.4, -0.2) is 16.7 Å². The predicted octanol–water partition coefficient (Wildman–Crippen LogP) is 2.61. The van der Waals surface area contributed by atoms with Crippen molar-refractivity contribution in [2.75, 3.05) is 7.11 Å². The highest BCUT2D eigenvalue weighted by molar-refractivity contribution is 5.82. The summed E-state index contributed by atoms with van der Waals surface area (Å²) in [5.41, 5.74) is 2.00. The number of hydrogen-bond donors (Lipinski definition) is 0. The van der Waals surface area contributed by atoms with Gasteiger partial charge in [-0.15, -0.1) is 0 Å². The molecule has 0 saturated heterocycles. The van der Waals surface area contributed by atoms with E-state index in [4.69, 9.17) is 4.74 Å². The zero-order valence-electron chi connectivity index (χ0n) is 11.3. The van der Waals surface area contributed by atoms with Gasteiger partial charge in [0.05, 0.1) is 12.7 Å². The van der Waals surface area contributed by atoms with Gasteiger partial charge in [-0.05, 0) is 24.3 Å². The number of rotatable bonds is 2. The molecule has 3 rings (SSSR count). The van der Waals surface area contributed by atoms with Crippen molar-refractivity contribution in [3.05, 3.63) is 59.0 Å². The Hall–Kier alpha value is -2.62. The minimum absolute atomic E-state index is 0.0827. The number of aryl methyl sites for hydroxylation is 1. The molecule has 2 heterocycles. The van der Waals surface area contributed by atoms with Crippen LogP contribution in [0.15, 0.2) is 53.5 Å². The molecule has 0 saturated carbocycles. The van der Waals surface area contributed by atoms with Crippen molar-refractivity contribution < 1.29 is 4.74 Å². The lowest BCUT2D eigenvalue weighted by atomic mass is 10.0. The normalized spacial score (nSPS) is 10.7. The van der Waals surface area contributed by atoms with Gasteiger partial charge < -0.3 is 4.74 Å². The summed E-state index contributed by atoms with van der Waals surface area (Å²) < 4.78 is 6.91. The maximum Gasteiger partial charge on any atom is 0.259 e. The van der Waals surface area contributed by atoms with Crippen LogP contribution in [0, 0.1) is 0 Å². The first-order chi connectivity index (χ1) is 9.72. The van der Waals surface area contributed by atoms with Crippen LogP contribution >= 0.6 is 0 Å². The van der Waals surface area contributed by atoms with Crippen LogP contribution in [0.3, 0.4) is 0 Å². The number of fused-ring (bicyclic) bond motifs is 1. The third-order valence-corrected chi connectivity index (χ3v) is 3.37. The number of benzene rings is 1. The summed E-state index contributed by atoms with van der Waals surface area (Å²) in [6.45, 7) is 0. The molecule has 20 heavy (non-hydrogen) atoms. The van der Waals surface area contributed by atoms with Crippen molar-refractivity contribution in [1.29, 1.82) is 0 Å². The van der Waals surface area contributed by atoms with Crippen molar-refractivity contribution in [3.63, 3.8) is 0 Å². The van der Waals surface area contributed by atoms with Crippen molar-refractivity contribution >= 4 is 11.0 Å². The third-order valence-electron chi connectivity index (χ3n) is 3.37. The standard InChI is InChI=1S/C16H14N2O2/c1-18-15-11(6-5-9-17-15)10-13(16(18)19)12-7-3-4-8-14(12)20-2/h3-10H,1-2H3. The first-order valence-electron chi connectivity index (χ1n) is 6.30. The fourth-order valence-electron chi connectivity index (χ4n) is 2.36. The van der Waals surface area contributed by atoms with Gasteiger partial charge in [0.1, 0.15) is 11.4 Å². The molecule has 0 bridgehead atoms. The van der Waals surface area contributed by atoms with Crippen LogP contribution in [0.25, 0.3) is 22.2 Å². The van der Waals surface area contributed by atoms with Crippen LogP contribution in [0.2, 0.25) is 0 Å². The topological polar surface area (TPSA) is 44.1 Å². The summed E-state index contributed by atoms with van der Waals surface area (Å²) in [5.74, 6) is 0.688. The van der Waals surface area contributed by atoms with Gasteiger partial charge in [-0.1, -0.05) is 18.2 Å². The molecule has 100 valence electrons. The maximum atomic E-state index is 12.5. The molecular weight excluding hydrogens is 252 g/mol. The van der Waals surface area contributed by atoms with E-state index in [0.29, 0.717) is 17.0 Å². The Kier molecular flexibility index (Phi) is 2.99. The molecule has 3 aromatic rings. The molecule has 0 radical (unpaired) electrons. The van der Waals surface area contributed by atoms with E-state index in [1.165, 1.54) is 0 Å². The Morgan fingerprint density at radius 1 is 1.10 bits per heavy atom. The molecule has 2 aromatic heterocycles. The van der Waals surface area contributed by atoms with E-state index in [1.807, 2.05) is 42.5 Å². The van der Waals surface area contributed by atoms with Gasteiger partial charge in [0.2, 0.25) is 0 Å². The van der Waals surface area contributed by atoms with Gasteiger partial charge >= 0.3 is 0 Å². The third kappa shape index (κ3) is 1.86. The number of pyridine rings is 2. The van der Waals surface area contributed by atoms with E-state index in [9.17, 15) is 4.79 Å². The van der Waals surface area contributed by atoms with Gasteiger partial charge in [0.25, 0.3) is 5.56 Å². The van der Waals surface area contributed by atoms with E-state index >= 15 is 0 Å². The molecule has 0 spiro atoms. The van der Waals surface area contributed by atoms with Crippen molar-refractivity contribution in [1.82, 2.24) is 9.55 Å². The van der Waals surface area contributed by atoms with E-state index in [1.54, 1.807) is 24.9 Å². The molecule has 0 amide bonds. The SMILES string of the molecule is COc1ccccc1-c1cc2cccnc2n(C)c1=O. The van der Waals surface area contributed by atoms with E-state index in [0.717, 1.165) is 10.9 Å². The molecule has 0 fully saturated rings. The fourth-order valence-corrected chi connectivity index (χ4v) is 2.36. The Labute approximate surface area is 116 Å². The van der Waals surface area contributed by atoms with Crippen molar-refractivity contribution in [2.24, 2.45) is 7.05 Å². The van der Waals surface area contributed by atoms with E-state index < -0.39 is 0 Å². The first-order valence-corrected chi connectivity index (χ1v) is 6.30. The van der Waals surface area contributed by atoms with E-state index in [-0.39, 0.29) is 5.56 Å². The van der Waals surface area contributed by atoms with Crippen molar-refractivity contribution in [2.45, 2.75) is 0 Å². The molecule has 1 aromatic carbocycles. The second kappa shape index (κ2) is 4.81. The summed E-state index contributed by atoms with van der Waals surface area (Å²) in [5, 5.41) is 0.926. The second-order valence-electron chi connectivity index (χ2n) is 4.54. The van der Waals surface area contributed by atoms with Crippen LogP contribution in [0.5, 0.6) is 5.75 Å². The molecule has 0 unspecified atom stereocenters. The summed E-state index contributed by atoms with van der Waals surface area (Å²) in [6.07, 6.45) is 1.69. The summed E-state index contributed by atoms with van der Waals surface area (Å²) in [6, 6.07) is 13.2. The summed E-state index contributed by atoms with van der Waals surface area (Å²) >= 11 is 0. The average molecular weight is 266 g/mol. The van der Waals surface area contributed by atoms with E-state index in [2.05, 4.69) is 4.98 Å².